The molecular formula is C28H31N7O6S. The van der Waals surface area contributed by atoms with Gasteiger partial charge in [0.25, 0.3) is 0 Å². The van der Waals surface area contributed by atoms with Crippen molar-refractivity contribution in [1.82, 2.24) is 20.2 Å². The Kier molecular flexibility index (Phi) is 8.13. The molecule has 1 aromatic heterocycles. The van der Waals surface area contributed by atoms with Crippen LogP contribution in [0.25, 0.3) is 33.5 Å². The van der Waals surface area contributed by atoms with Crippen LogP contribution in [0.2, 0.25) is 0 Å². The number of hydrogen-bond acceptors (Lipinski definition) is 9. The zero-order valence-electron chi connectivity index (χ0n) is 22.6. The Hall–Kier alpha value is -4.50. The Morgan fingerprint density at radius 2 is 1.86 bits per heavy atom. The van der Waals surface area contributed by atoms with Crippen LogP contribution in [-0.2, 0) is 26.0 Å². The standard InChI is InChI=1S/C28H31N7O6S/c29-27(30)16-5-6-20-21(14-16)34-28(33-20)19-13-17(15-23(37)32-7-8-35-9-11-41-12-10-35)26(42(31,39)40)24(25(19)38)18-3-1-2-4-22(18)36/h1-6,13-14,36,38H,7-12,15H2,(H3,29,30)(H,32,37)(H,33,34)(H2,31,39,40). The van der Waals surface area contributed by atoms with Crippen LogP contribution < -0.4 is 16.2 Å². The average molecular weight is 594 g/mol. The van der Waals surface area contributed by atoms with Gasteiger partial charge in [-0.25, -0.2) is 18.5 Å². The lowest BCUT2D eigenvalue weighted by Gasteiger charge is -2.26. The highest BCUT2D eigenvalue weighted by Gasteiger charge is 2.29. The smallest absolute Gasteiger partial charge is 0.239 e. The number of nitrogen functional groups attached to an aromatic ring is 1. The van der Waals surface area contributed by atoms with Crippen molar-refractivity contribution < 1.29 is 28.2 Å². The van der Waals surface area contributed by atoms with E-state index in [1.165, 1.54) is 18.2 Å². The van der Waals surface area contributed by atoms with Crippen LogP contribution in [0, 0.1) is 5.41 Å². The van der Waals surface area contributed by atoms with E-state index in [0.717, 1.165) is 13.1 Å². The molecule has 0 spiro atoms. The number of sulfonamides is 1. The summed E-state index contributed by atoms with van der Waals surface area (Å²) in [5.74, 6) is -1.25. The number of aromatic amines is 1. The summed E-state index contributed by atoms with van der Waals surface area (Å²) < 4.78 is 31.3. The van der Waals surface area contributed by atoms with Crippen LogP contribution in [0.1, 0.15) is 11.1 Å². The number of ether oxygens (including phenoxy) is 1. The van der Waals surface area contributed by atoms with E-state index in [4.69, 9.17) is 21.0 Å². The summed E-state index contributed by atoms with van der Waals surface area (Å²) in [4.78, 5) is 22.3. The van der Waals surface area contributed by atoms with Gasteiger partial charge in [0.15, 0.2) is 0 Å². The minimum Gasteiger partial charge on any atom is -0.507 e. The number of rotatable bonds is 9. The molecule has 0 unspecified atom stereocenters. The lowest BCUT2D eigenvalue weighted by Crippen LogP contribution is -2.41. The Morgan fingerprint density at radius 3 is 2.55 bits per heavy atom. The number of aromatic hydroxyl groups is 2. The summed E-state index contributed by atoms with van der Waals surface area (Å²) in [7, 11) is -4.51. The highest BCUT2D eigenvalue weighted by atomic mass is 32.2. The Bertz CT molecular complexity index is 1780. The summed E-state index contributed by atoms with van der Waals surface area (Å²) in [6.45, 7) is 3.68. The molecule has 1 saturated heterocycles. The number of nitrogens with zero attached hydrogens (tertiary/aromatic N) is 2. The summed E-state index contributed by atoms with van der Waals surface area (Å²) in [5, 5.41) is 38.3. The van der Waals surface area contributed by atoms with Gasteiger partial charge < -0.3 is 31.0 Å². The molecule has 4 aromatic rings. The third-order valence-corrected chi connectivity index (χ3v) is 8.08. The maximum absolute atomic E-state index is 13.1. The van der Waals surface area contributed by atoms with E-state index >= 15 is 0 Å². The van der Waals surface area contributed by atoms with Crippen molar-refractivity contribution in [2.45, 2.75) is 11.3 Å². The Balaban J connectivity index is 1.61. The van der Waals surface area contributed by atoms with Crippen LogP contribution in [0.5, 0.6) is 11.5 Å². The number of H-pyrrole nitrogens is 1. The van der Waals surface area contributed by atoms with Gasteiger partial charge in [-0.2, -0.15) is 0 Å². The number of carbonyl (C=O) groups excluding carboxylic acids is 1. The number of imidazole rings is 1. The van der Waals surface area contributed by atoms with Crippen LogP contribution in [0.3, 0.4) is 0 Å². The number of benzene rings is 3. The highest BCUT2D eigenvalue weighted by molar-refractivity contribution is 7.89. The minimum absolute atomic E-state index is 0.00447. The monoisotopic (exact) mass is 593 g/mol. The van der Waals surface area contributed by atoms with Crippen molar-refractivity contribution in [2.75, 3.05) is 39.4 Å². The molecule has 1 aliphatic rings. The third-order valence-electron chi connectivity index (χ3n) is 7.04. The normalized spacial score (nSPS) is 14.2. The topological polar surface area (TPSA) is 221 Å². The summed E-state index contributed by atoms with van der Waals surface area (Å²) >= 11 is 0. The van der Waals surface area contributed by atoms with Crippen molar-refractivity contribution in [3.63, 3.8) is 0 Å². The van der Waals surface area contributed by atoms with E-state index < -0.39 is 26.6 Å². The van der Waals surface area contributed by atoms with E-state index in [9.17, 15) is 23.4 Å². The van der Waals surface area contributed by atoms with E-state index in [1.807, 2.05) is 0 Å². The first-order chi connectivity index (χ1) is 20.0. The van der Waals surface area contributed by atoms with Gasteiger partial charge in [-0.15, -0.1) is 0 Å². The van der Waals surface area contributed by atoms with E-state index in [1.54, 1.807) is 30.3 Å². The van der Waals surface area contributed by atoms with Gasteiger partial charge in [0.2, 0.25) is 15.9 Å². The molecule has 0 radical (unpaired) electrons. The van der Waals surface area contributed by atoms with Crippen molar-refractivity contribution in [3.05, 3.63) is 59.7 Å². The number of hydrogen-bond donors (Lipinski definition) is 7. The SMILES string of the molecule is N=C(N)c1ccc2nc(-c3cc(CC(=O)NCCN4CCOCC4)c(S(N)(=O)=O)c(-c4ccccc4O)c3O)[nH]c2c1. The quantitative estimate of drug-likeness (QED) is 0.109. The Labute approximate surface area is 241 Å². The molecule has 220 valence electrons. The number of nitrogens with two attached hydrogens (primary N) is 2. The molecule has 1 aliphatic heterocycles. The second kappa shape index (κ2) is 11.8. The molecule has 13 nitrogen and oxygen atoms in total. The number of aromatic nitrogens is 2. The molecule has 3 aromatic carbocycles. The van der Waals surface area contributed by atoms with Gasteiger partial charge in [-0.3, -0.25) is 15.1 Å². The number of nitrogens with one attached hydrogen (secondary N) is 3. The van der Waals surface area contributed by atoms with Crippen molar-refractivity contribution in [1.29, 1.82) is 5.41 Å². The number of morpholine rings is 1. The van der Waals surface area contributed by atoms with Crippen molar-refractivity contribution in [3.8, 4) is 34.0 Å². The largest absolute Gasteiger partial charge is 0.507 e. The molecule has 0 saturated carbocycles. The van der Waals surface area contributed by atoms with E-state index in [-0.39, 0.29) is 46.1 Å². The predicted molar refractivity (Wildman–Crippen MR) is 157 cm³/mol. The van der Waals surface area contributed by atoms with Crippen LogP contribution >= 0.6 is 0 Å². The van der Waals surface area contributed by atoms with Gasteiger partial charge in [-0.05, 0) is 35.9 Å². The molecule has 0 atom stereocenters. The molecule has 5 rings (SSSR count). The molecule has 42 heavy (non-hydrogen) atoms. The predicted octanol–water partition coefficient (Wildman–Crippen LogP) is 1.23. The highest BCUT2D eigenvalue weighted by Crippen LogP contribution is 2.46. The number of amides is 1. The second-order valence-corrected chi connectivity index (χ2v) is 11.4. The maximum atomic E-state index is 13.1. The zero-order chi connectivity index (χ0) is 30.0. The first-order valence-electron chi connectivity index (χ1n) is 13.1. The first kappa shape index (κ1) is 29.0. The fourth-order valence-corrected chi connectivity index (χ4v) is 5.99. The molecule has 2 heterocycles. The lowest BCUT2D eigenvalue weighted by atomic mass is 9.95. The second-order valence-electron chi connectivity index (χ2n) is 9.91. The Morgan fingerprint density at radius 1 is 1.12 bits per heavy atom. The van der Waals surface area contributed by atoms with E-state index in [0.29, 0.717) is 42.9 Å². The van der Waals surface area contributed by atoms with Gasteiger partial charge in [-0.1, -0.05) is 18.2 Å². The van der Waals surface area contributed by atoms with E-state index in [2.05, 4.69) is 20.2 Å². The number of para-hydroxylation sites is 1. The number of fused-ring (bicyclic) bond motifs is 1. The fraction of sp³-hybridized carbons (Fsp3) is 0.250. The summed E-state index contributed by atoms with van der Waals surface area (Å²) in [6.07, 6.45) is -0.378. The number of amidine groups is 1. The molecule has 0 bridgehead atoms. The molecule has 1 fully saturated rings. The van der Waals surface area contributed by atoms with Gasteiger partial charge in [0.05, 0.1) is 41.1 Å². The number of carbonyl (C=O) groups is 1. The van der Waals surface area contributed by atoms with Crippen LogP contribution in [0.15, 0.2) is 53.4 Å². The molecule has 14 heteroatoms. The number of primary sulfonamides is 1. The third kappa shape index (κ3) is 6.06. The fourth-order valence-electron chi connectivity index (χ4n) is 5.00. The van der Waals surface area contributed by atoms with Gasteiger partial charge >= 0.3 is 0 Å². The zero-order valence-corrected chi connectivity index (χ0v) is 23.4. The van der Waals surface area contributed by atoms with Gasteiger partial charge in [0.1, 0.15) is 23.2 Å². The van der Waals surface area contributed by atoms with Crippen LogP contribution in [0.4, 0.5) is 0 Å². The van der Waals surface area contributed by atoms with Gasteiger partial charge in [0, 0.05) is 42.9 Å². The maximum Gasteiger partial charge on any atom is 0.239 e. The number of phenols is 2. The summed E-state index contributed by atoms with van der Waals surface area (Å²) in [6, 6.07) is 12.1. The molecular weight excluding hydrogens is 562 g/mol. The van der Waals surface area contributed by atoms with Crippen molar-refractivity contribution >= 4 is 32.8 Å². The minimum atomic E-state index is -4.51. The average Bonchev–Trinajstić information content (AvgIpc) is 3.37. The molecule has 1 amide bonds. The van der Waals surface area contributed by atoms with Crippen LogP contribution in [-0.4, -0.2) is 84.6 Å². The summed E-state index contributed by atoms with van der Waals surface area (Å²) in [5.41, 5.74) is 6.92. The van der Waals surface area contributed by atoms with Crippen molar-refractivity contribution in [2.24, 2.45) is 10.9 Å². The first-order valence-corrected chi connectivity index (χ1v) is 14.7. The number of phenolic OH excluding ortho intramolecular Hbond substituents is 2. The molecule has 0 aliphatic carbocycles. The lowest BCUT2D eigenvalue weighted by molar-refractivity contribution is -0.120. The molecule has 9 N–H and O–H groups in total.